The van der Waals surface area contributed by atoms with Crippen LogP contribution in [-0.4, -0.2) is 20.9 Å². The Morgan fingerprint density at radius 1 is 1.00 bits per heavy atom. The molecule has 0 saturated heterocycles. The molecule has 0 atom stereocenters. The molecule has 0 aliphatic rings. The highest BCUT2D eigenvalue weighted by Crippen LogP contribution is 2.30. The molecular formula is C20H14ClN5O. The van der Waals surface area contributed by atoms with Gasteiger partial charge in [-0.25, -0.2) is 9.97 Å². The monoisotopic (exact) mass is 375 g/mol. The Morgan fingerprint density at radius 2 is 1.81 bits per heavy atom. The van der Waals surface area contributed by atoms with E-state index in [4.69, 9.17) is 17.3 Å². The summed E-state index contributed by atoms with van der Waals surface area (Å²) in [6.45, 7) is 0. The standard InChI is InChI=1S/C20H14ClN5O/c21-15-8-7-12(25-20(27)13-4-3-9-23-19(13)22)10-14(15)18-11-24-16-5-1-2-6-17(16)26-18/h1-11H,(H2,22,23)(H,25,27). The Balaban J connectivity index is 1.68. The van der Waals surface area contributed by atoms with Crippen LogP contribution in [0.5, 0.6) is 0 Å². The van der Waals surface area contributed by atoms with Crippen LogP contribution in [0.3, 0.4) is 0 Å². The number of aromatic nitrogens is 3. The van der Waals surface area contributed by atoms with E-state index in [0.717, 1.165) is 11.0 Å². The lowest BCUT2D eigenvalue weighted by molar-refractivity contribution is 0.102. The number of rotatable bonds is 3. The van der Waals surface area contributed by atoms with Gasteiger partial charge in [0.2, 0.25) is 0 Å². The van der Waals surface area contributed by atoms with Crippen molar-refractivity contribution in [1.82, 2.24) is 15.0 Å². The molecule has 0 fully saturated rings. The first-order valence-corrected chi connectivity index (χ1v) is 8.53. The molecule has 4 aromatic rings. The third-order valence-electron chi connectivity index (χ3n) is 4.03. The zero-order valence-electron chi connectivity index (χ0n) is 14.1. The fraction of sp³-hybridized carbons (Fsp3) is 0. The normalized spacial score (nSPS) is 10.7. The van der Waals surface area contributed by atoms with E-state index in [-0.39, 0.29) is 11.7 Å². The minimum absolute atomic E-state index is 0.171. The van der Waals surface area contributed by atoms with E-state index in [9.17, 15) is 4.79 Å². The van der Waals surface area contributed by atoms with Crippen molar-refractivity contribution in [1.29, 1.82) is 0 Å². The van der Waals surface area contributed by atoms with Crippen molar-refractivity contribution in [2.45, 2.75) is 0 Å². The van der Waals surface area contributed by atoms with Crippen LogP contribution >= 0.6 is 11.6 Å². The average molecular weight is 376 g/mol. The van der Waals surface area contributed by atoms with Gasteiger partial charge in [0.1, 0.15) is 5.82 Å². The first-order chi connectivity index (χ1) is 13.1. The summed E-state index contributed by atoms with van der Waals surface area (Å²) in [5, 5.41) is 3.32. The number of para-hydroxylation sites is 2. The van der Waals surface area contributed by atoms with Crippen molar-refractivity contribution in [3.63, 3.8) is 0 Å². The molecule has 1 amide bonds. The first kappa shape index (κ1) is 16.9. The molecule has 7 heteroatoms. The number of hydrogen-bond donors (Lipinski definition) is 2. The van der Waals surface area contributed by atoms with Crippen LogP contribution in [-0.2, 0) is 0 Å². The number of halogens is 1. The zero-order valence-corrected chi connectivity index (χ0v) is 14.8. The van der Waals surface area contributed by atoms with Gasteiger partial charge in [-0.1, -0.05) is 23.7 Å². The maximum Gasteiger partial charge on any atom is 0.259 e. The summed E-state index contributed by atoms with van der Waals surface area (Å²) in [7, 11) is 0. The summed E-state index contributed by atoms with van der Waals surface area (Å²) >= 11 is 6.35. The molecule has 6 nitrogen and oxygen atoms in total. The Hall–Kier alpha value is -3.51. The summed E-state index contributed by atoms with van der Waals surface area (Å²) in [4.78, 5) is 25.4. The molecule has 132 valence electrons. The number of anilines is 2. The van der Waals surface area contributed by atoms with Crippen LogP contribution in [0.1, 0.15) is 10.4 Å². The number of carbonyl (C=O) groups excluding carboxylic acids is 1. The van der Waals surface area contributed by atoms with Crippen LogP contribution in [0.4, 0.5) is 11.5 Å². The number of pyridine rings is 1. The molecule has 27 heavy (non-hydrogen) atoms. The Bertz CT molecular complexity index is 1160. The number of hydrogen-bond acceptors (Lipinski definition) is 5. The predicted molar refractivity (Wildman–Crippen MR) is 107 cm³/mol. The fourth-order valence-corrected chi connectivity index (χ4v) is 2.91. The molecule has 0 spiro atoms. The van der Waals surface area contributed by atoms with Gasteiger partial charge >= 0.3 is 0 Å². The highest BCUT2D eigenvalue weighted by Gasteiger charge is 2.13. The van der Waals surface area contributed by atoms with E-state index in [1.807, 2.05) is 24.3 Å². The molecule has 0 bridgehead atoms. The van der Waals surface area contributed by atoms with E-state index in [2.05, 4.69) is 20.3 Å². The number of benzene rings is 2. The molecule has 4 rings (SSSR count). The second kappa shape index (κ2) is 7.01. The van der Waals surface area contributed by atoms with Gasteiger partial charge in [0, 0.05) is 17.4 Å². The average Bonchev–Trinajstić information content (AvgIpc) is 2.69. The topological polar surface area (TPSA) is 93.8 Å². The van der Waals surface area contributed by atoms with Gasteiger partial charge in [-0.15, -0.1) is 0 Å². The Kier molecular flexibility index (Phi) is 4.40. The van der Waals surface area contributed by atoms with Gasteiger partial charge in [-0.3, -0.25) is 9.78 Å². The number of fused-ring (bicyclic) bond motifs is 1. The Labute approximate surface area is 160 Å². The minimum atomic E-state index is -0.349. The van der Waals surface area contributed by atoms with E-state index in [1.165, 1.54) is 6.20 Å². The second-order valence-electron chi connectivity index (χ2n) is 5.83. The molecule has 0 aliphatic heterocycles. The van der Waals surface area contributed by atoms with E-state index >= 15 is 0 Å². The van der Waals surface area contributed by atoms with Gasteiger partial charge in [-0.05, 0) is 42.5 Å². The molecule has 0 saturated carbocycles. The maximum atomic E-state index is 12.5. The molecule has 0 radical (unpaired) electrons. The van der Waals surface area contributed by atoms with Gasteiger partial charge in [0.15, 0.2) is 0 Å². The molecule has 2 aromatic heterocycles. The summed E-state index contributed by atoms with van der Waals surface area (Å²) in [5.74, 6) is -0.178. The van der Waals surface area contributed by atoms with Crippen molar-refractivity contribution in [2.75, 3.05) is 11.1 Å². The third-order valence-corrected chi connectivity index (χ3v) is 4.36. The van der Waals surface area contributed by atoms with E-state index < -0.39 is 0 Å². The lowest BCUT2D eigenvalue weighted by atomic mass is 10.1. The van der Waals surface area contributed by atoms with E-state index in [1.54, 1.807) is 36.5 Å². The van der Waals surface area contributed by atoms with Crippen LogP contribution in [0.25, 0.3) is 22.3 Å². The number of nitrogens with one attached hydrogen (secondary N) is 1. The molecule has 0 aliphatic carbocycles. The van der Waals surface area contributed by atoms with Crippen molar-refractivity contribution in [2.24, 2.45) is 0 Å². The molecule has 0 unspecified atom stereocenters. The van der Waals surface area contributed by atoms with E-state index in [0.29, 0.717) is 27.5 Å². The van der Waals surface area contributed by atoms with Crippen molar-refractivity contribution in [3.05, 3.63) is 77.6 Å². The largest absolute Gasteiger partial charge is 0.383 e. The number of amides is 1. The highest BCUT2D eigenvalue weighted by molar-refractivity contribution is 6.33. The maximum absolute atomic E-state index is 12.5. The van der Waals surface area contributed by atoms with Crippen molar-refractivity contribution in [3.8, 4) is 11.3 Å². The van der Waals surface area contributed by atoms with Crippen molar-refractivity contribution < 1.29 is 4.79 Å². The van der Waals surface area contributed by atoms with Crippen LogP contribution < -0.4 is 11.1 Å². The molecular weight excluding hydrogens is 362 g/mol. The summed E-state index contributed by atoms with van der Waals surface area (Å²) in [6.07, 6.45) is 3.19. The lowest BCUT2D eigenvalue weighted by Gasteiger charge is -2.10. The van der Waals surface area contributed by atoms with Crippen LogP contribution in [0, 0.1) is 0 Å². The second-order valence-corrected chi connectivity index (χ2v) is 6.24. The van der Waals surface area contributed by atoms with Crippen LogP contribution in [0.2, 0.25) is 5.02 Å². The highest BCUT2D eigenvalue weighted by atomic mass is 35.5. The summed E-state index contributed by atoms with van der Waals surface area (Å²) < 4.78 is 0. The van der Waals surface area contributed by atoms with Crippen LogP contribution in [0.15, 0.2) is 67.0 Å². The number of carbonyl (C=O) groups is 1. The smallest absolute Gasteiger partial charge is 0.259 e. The molecule has 2 heterocycles. The number of nitrogens with zero attached hydrogens (tertiary/aromatic N) is 3. The first-order valence-electron chi connectivity index (χ1n) is 8.15. The molecule has 2 aromatic carbocycles. The van der Waals surface area contributed by atoms with Gasteiger partial charge in [-0.2, -0.15) is 0 Å². The quantitative estimate of drug-likeness (QED) is 0.560. The number of nitrogen functional groups attached to an aromatic ring is 1. The SMILES string of the molecule is Nc1ncccc1C(=O)Nc1ccc(Cl)c(-c2cnc3ccccc3n2)c1. The minimum Gasteiger partial charge on any atom is -0.383 e. The summed E-state index contributed by atoms with van der Waals surface area (Å²) in [6, 6.07) is 16.0. The Morgan fingerprint density at radius 3 is 2.63 bits per heavy atom. The molecule has 3 N–H and O–H groups in total. The van der Waals surface area contributed by atoms with Gasteiger partial charge in [0.05, 0.1) is 33.5 Å². The lowest BCUT2D eigenvalue weighted by Crippen LogP contribution is -2.14. The zero-order chi connectivity index (χ0) is 18.8. The third kappa shape index (κ3) is 3.43. The van der Waals surface area contributed by atoms with Gasteiger partial charge in [0.25, 0.3) is 5.91 Å². The summed E-state index contributed by atoms with van der Waals surface area (Å²) in [5.41, 5.74) is 9.50. The fourth-order valence-electron chi connectivity index (χ4n) is 2.69. The predicted octanol–water partition coefficient (Wildman–Crippen LogP) is 4.18. The van der Waals surface area contributed by atoms with Crippen molar-refractivity contribution >= 4 is 40.0 Å². The van der Waals surface area contributed by atoms with Gasteiger partial charge < -0.3 is 11.1 Å². The number of nitrogens with two attached hydrogens (primary N) is 1.